The van der Waals surface area contributed by atoms with E-state index in [1.165, 1.54) is 5.57 Å². The topological polar surface area (TPSA) is 78.5 Å². The third kappa shape index (κ3) is 2.12. The second-order valence-corrected chi connectivity index (χ2v) is 7.57. The normalized spacial score (nSPS) is 35.4. The fraction of sp³-hybridized carbons (Fsp3) is 0.688. The maximum atomic E-state index is 12.8. The number of hydrogen-bond acceptors (Lipinski definition) is 3. The van der Waals surface area contributed by atoms with Crippen molar-refractivity contribution in [2.24, 2.45) is 17.3 Å². The van der Waals surface area contributed by atoms with Gasteiger partial charge in [0.05, 0.1) is 12.5 Å². The molecule has 2 N–H and O–H groups in total. The first-order valence-corrected chi connectivity index (χ1v) is 7.75. The van der Waals surface area contributed by atoms with E-state index in [0.29, 0.717) is 13.0 Å². The highest BCUT2D eigenvalue weighted by atomic mass is 16.2. The standard InChI is InChI=1S/C16H23N3O3/c1-9(2)7-10-11(15(10,3)4)12(20)19-6-5-16(8-19)13(21)17-14(22)18-16/h7,10-11H,5-6,8H2,1-4H3,(H2,17,18,21,22)/t10-,11+,16+/m1/s1. The van der Waals surface area contributed by atoms with Crippen LogP contribution in [0.2, 0.25) is 0 Å². The lowest BCUT2D eigenvalue weighted by Gasteiger charge is -2.21. The first-order valence-electron chi connectivity index (χ1n) is 7.75. The van der Waals surface area contributed by atoms with Crippen molar-refractivity contribution in [2.45, 2.75) is 39.7 Å². The number of carbonyl (C=O) groups is 3. The highest BCUT2D eigenvalue weighted by molar-refractivity contribution is 6.07. The summed E-state index contributed by atoms with van der Waals surface area (Å²) in [5, 5.41) is 4.95. The number of nitrogens with zero attached hydrogens (tertiary/aromatic N) is 1. The van der Waals surface area contributed by atoms with Gasteiger partial charge in [0.15, 0.2) is 0 Å². The van der Waals surface area contributed by atoms with E-state index >= 15 is 0 Å². The molecular formula is C16H23N3O3. The molecule has 1 aliphatic carbocycles. The molecule has 2 aliphatic heterocycles. The second-order valence-electron chi connectivity index (χ2n) is 7.57. The molecule has 0 bridgehead atoms. The van der Waals surface area contributed by atoms with E-state index < -0.39 is 11.6 Å². The summed E-state index contributed by atoms with van der Waals surface area (Å²) >= 11 is 0. The van der Waals surface area contributed by atoms with Gasteiger partial charge in [0.1, 0.15) is 5.54 Å². The van der Waals surface area contributed by atoms with Crippen LogP contribution in [0, 0.1) is 17.3 Å². The minimum Gasteiger partial charge on any atom is -0.339 e. The van der Waals surface area contributed by atoms with Crippen molar-refractivity contribution in [1.29, 1.82) is 0 Å². The Morgan fingerprint density at radius 3 is 2.55 bits per heavy atom. The molecule has 2 saturated heterocycles. The van der Waals surface area contributed by atoms with Crippen LogP contribution in [0.5, 0.6) is 0 Å². The Morgan fingerprint density at radius 2 is 2.00 bits per heavy atom. The van der Waals surface area contributed by atoms with E-state index in [-0.39, 0.29) is 35.6 Å². The van der Waals surface area contributed by atoms with Crippen LogP contribution in [0.3, 0.4) is 0 Å². The molecule has 0 aromatic rings. The zero-order valence-corrected chi connectivity index (χ0v) is 13.5. The Balaban J connectivity index is 1.72. The Morgan fingerprint density at radius 1 is 1.32 bits per heavy atom. The average Bonchev–Trinajstić information content (AvgIpc) is 2.75. The third-order valence-electron chi connectivity index (χ3n) is 5.29. The SMILES string of the molecule is CC(C)=C[C@@H]1[C@@H](C(=O)N2CC[C@@]3(C2)NC(=O)NC3=O)C1(C)C. The predicted octanol–water partition coefficient (Wildman–Crippen LogP) is 1.04. The molecule has 6 heteroatoms. The van der Waals surface area contributed by atoms with E-state index in [1.807, 2.05) is 13.8 Å². The maximum Gasteiger partial charge on any atom is 0.322 e. The molecule has 3 fully saturated rings. The minimum absolute atomic E-state index is 0.0299. The Kier molecular flexibility index (Phi) is 3.13. The Labute approximate surface area is 130 Å². The number of likely N-dealkylation sites (tertiary alicyclic amines) is 1. The molecule has 1 saturated carbocycles. The zero-order chi connectivity index (χ0) is 16.3. The van der Waals surface area contributed by atoms with Crippen LogP contribution in [0.15, 0.2) is 11.6 Å². The molecule has 0 aromatic carbocycles. The molecule has 6 nitrogen and oxygen atoms in total. The van der Waals surface area contributed by atoms with Gasteiger partial charge in [-0.2, -0.15) is 0 Å². The van der Waals surface area contributed by atoms with Crippen LogP contribution in [0.4, 0.5) is 4.79 Å². The smallest absolute Gasteiger partial charge is 0.322 e. The lowest BCUT2D eigenvalue weighted by Crippen LogP contribution is -2.49. The van der Waals surface area contributed by atoms with Gasteiger partial charge < -0.3 is 10.2 Å². The maximum absolute atomic E-state index is 12.8. The quantitative estimate of drug-likeness (QED) is 0.591. The lowest BCUT2D eigenvalue weighted by atomic mass is 9.99. The fourth-order valence-corrected chi connectivity index (χ4v) is 3.83. The van der Waals surface area contributed by atoms with Gasteiger partial charge in [-0.05, 0) is 31.6 Å². The number of nitrogens with one attached hydrogen (secondary N) is 2. The van der Waals surface area contributed by atoms with Gasteiger partial charge in [0.25, 0.3) is 5.91 Å². The van der Waals surface area contributed by atoms with Crippen LogP contribution >= 0.6 is 0 Å². The average molecular weight is 305 g/mol. The summed E-state index contributed by atoms with van der Waals surface area (Å²) in [4.78, 5) is 37.8. The number of carbonyl (C=O) groups excluding carboxylic acids is 3. The Hall–Kier alpha value is -1.85. The summed E-state index contributed by atoms with van der Waals surface area (Å²) in [5.41, 5.74) is 0.261. The Bertz CT molecular complexity index is 591. The number of allylic oxidation sites excluding steroid dienone is 2. The largest absolute Gasteiger partial charge is 0.339 e. The molecule has 3 aliphatic rings. The van der Waals surface area contributed by atoms with E-state index in [0.717, 1.165) is 0 Å². The van der Waals surface area contributed by atoms with Crippen molar-refractivity contribution in [3.05, 3.63) is 11.6 Å². The van der Waals surface area contributed by atoms with Crippen LogP contribution in [0.1, 0.15) is 34.1 Å². The summed E-state index contributed by atoms with van der Waals surface area (Å²) in [6, 6.07) is -0.464. The van der Waals surface area contributed by atoms with Crippen molar-refractivity contribution >= 4 is 17.8 Å². The monoisotopic (exact) mass is 305 g/mol. The molecule has 4 amide bonds. The van der Waals surface area contributed by atoms with E-state index in [1.54, 1.807) is 4.90 Å². The van der Waals surface area contributed by atoms with Crippen molar-refractivity contribution in [3.63, 3.8) is 0 Å². The fourth-order valence-electron chi connectivity index (χ4n) is 3.83. The van der Waals surface area contributed by atoms with Crippen molar-refractivity contribution in [2.75, 3.05) is 13.1 Å². The van der Waals surface area contributed by atoms with E-state index in [2.05, 4.69) is 30.6 Å². The lowest BCUT2D eigenvalue weighted by molar-refractivity contribution is -0.133. The van der Waals surface area contributed by atoms with Crippen LogP contribution in [-0.4, -0.2) is 41.4 Å². The highest BCUT2D eigenvalue weighted by Crippen LogP contribution is 2.60. The molecule has 22 heavy (non-hydrogen) atoms. The van der Waals surface area contributed by atoms with Crippen molar-refractivity contribution < 1.29 is 14.4 Å². The van der Waals surface area contributed by atoms with Gasteiger partial charge in [0.2, 0.25) is 5.91 Å². The summed E-state index contributed by atoms with van der Waals surface area (Å²) in [7, 11) is 0. The van der Waals surface area contributed by atoms with Crippen LogP contribution in [0.25, 0.3) is 0 Å². The van der Waals surface area contributed by atoms with E-state index in [9.17, 15) is 14.4 Å². The van der Waals surface area contributed by atoms with Crippen molar-refractivity contribution in [3.8, 4) is 0 Å². The van der Waals surface area contributed by atoms with Crippen molar-refractivity contribution in [1.82, 2.24) is 15.5 Å². The molecule has 1 spiro atoms. The summed E-state index contributed by atoms with van der Waals surface area (Å²) in [6.45, 7) is 9.08. The molecule has 3 rings (SSSR count). The minimum atomic E-state index is -0.919. The summed E-state index contributed by atoms with van der Waals surface area (Å²) in [6.07, 6.45) is 2.65. The van der Waals surface area contributed by atoms with Gasteiger partial charge in [-0.25, -0.2) is 4.79 Å². The van der Waals surface area contributed by atoms with Gasteiger partial charge in [-0.1, -0.05) is 25.5 Å². The third-order valence-corrected chi connectivity index (χ3v) is 5.29. The highest BCUT2D eigenvalue weighted by Gasteiger charge is 2.63. The van der Waals surface area contributed by atoms with Gasteiger partial charge >= 0.3 is 6.03 Å². The van der Waals surface area contributed by atoms with Crippen LogP contribution in [-0.2, 0) is 9.59 Å². The van der Waals surface area contributed by atoms with Gasteiger partial charge in [-0.15, -0.1) is 0 Å². The number of urea groups is 1. The number of rotatable bonds is 2. The molecule has 0 unspecified atom stereocenters. The summed E-state index contributed by atoms with van der Waals surface area (Å²) in [5.74, 6) is 0.00768. The van der Waals surface area contributed by atoms with E-state index in [4.69, 9.17) is 0 Å². The predicted molar refractivity (Wildman–Crippen MR) is 80.8 cm³/mol. The molecule has 3 atom stereocenters. The first-order chi connectivity index (χ1) is 10.2. The second kappa shape index (κ2) is 4.57. The first kappa shape index (κ1) is 15.1. The van der Waals surface area contributed by atoms with Gasteiger partial charge in [0, 0.05) is 6.54 Å². The number of imide groups is 1. The zero-order valence-electron chi connectivity index (χ0n) is 13.5. The molecule has 2 heterocycles. The molecule has 0 aromatic heterocycles. The molecular weight excluding hydrogens is 282 g/mol. The van der Waals surface area contributed by atoms with Gasteiger partial charge in [-0.3, -0.25) is 14.9 Å². The number of hydrogen-bond donors (Lipinski definition) is 2. The molecule has 120 valence electrons. The number of amides is 4. The van der Waals surface area contributed by atoms with Crippen LogP contribution < -0.4 is 10.6 Å². The molecule has 0 radical (unpaired) electrons. The summed E-state index contributed by atoms with van der Waals surface area (Å²) < 4.78 is 0.